The minimum atomic E-state index is -3.96. The largest absolute Gasteiger partial charge is 0.326 e. The summed E-state index contributed by atoms with van der Waals surface area (Å²) in [6.07, 6.45) is 0. The average Bonchev–Trinajstić information content (AvgIpc) is 3.44. The molecule has 0 atom stereocenters. The maximum absolute atomic E-state index is 13.2. The first kappa shape index (κ1) is 18.6. The van der Waals surface area contributed by atoms with E-state index in [4.69, 9.17) is 17.3 Å². The Labute approximate surface area is 178 Å². The van der Waals surface area contributed by atoms with Gasteiger partial charge in [0.05, 0.1) is 20.8 Å². The highest BCUT2D eigenvalue weighted by Crippen LogP contribution is 2.36. The smallest absolute Gasteiger partial charge is 0.229 e. The summed E-state index contributed by atoms with van der Waals surface area (Å²) in [5.74, 6) is 0. The molecule has 0 spiro atoms. The van der Waals surface area contributed by atoms with Crippen molar-refractivity contribution in [2.24, 2.45) is 5.73 Å². The molecule has 11 heteroatoms. The Morgan fingerprint density at radius 2 is 1.97 bits per heavy atom. The van der Waals surface area contributed by atoms with Crippen LogP contribution in [0.5, 0.6) is 0 Å². The molecule has 0 unspecified atom stereocenters. The molecule has 0 saturated heterocycles. The second-order valence-corrected chi connectivity index (χ2v) is 10.4. The monoisotopic (exact) mass is 461 g/mol. The van der Waals surface area contributed by atoms with E-state index in [1.165, 1.54) is 39.3 Å². The van der Waals surface area contributed by atoms with Crippen molar-refractivity contribution in [3.05, 3.63) is 57.1 Å². The molecule has 0 fully saturated rings. The quantitative estimate of drug-likeness (QED) is 0.433. The summed E-state index contributed by atoms with van der Waals surface area (Å²) >= 11 is 9.04. The van der Waals surface area contributed by atoms with E-state index in [-0.39, 0.29) is 15.6 Å². The van der Waals surface area contributed by atoms with Crippen molar-refractivity contribution in [2.45, 2.75) is 16.5 Å². The molecule has 0 amide bonds. The van der Waals surface area contributed by atoms with Gasteiger partial charge in [-0.15, -0.1) is 27.8 Å². The summed E-state index contributed by atoms with van der Waals surface area (Å²) in [6.45, 7) is 0.373. The zero-order valence-corrected chi connectivity index (χ0v) is 17.8. The lowest BCUT2D eigenvalue weighted by atomic mass is 10.1. The summed E-state index contributed by atoms with van der Waals surface area (Å²) in [7, 11) is -3.96. The normalized spacial score (nSPS) is 12.2. The molecule has 5 rings (SSSR count). The van der Waals surface area contributed by atoms with Gasteiger partial charge in [-0.05, 0) is 41.1 Å². The van der Waals surface area contributed by atoms with Crippen molar-refractivity contribution < 1.29 is 8.42 Å². The fourth-order valence-corrected chi connectivity index (χ4v) is 6.30. The van der Waals surface area contributed by atoms with Gasteiger partial charge in [-0.1, -0.05) is 22.9 Å². The Morgan fingerprint density at radius 3 is 2.76 bits per heavy atom. The number of hydrogen-bond donors (Lipinski definition) is 1. The van der Waals surface area contributed by atoms with Crippen molar-refractivity contribution in [1.82, 2.24) is 19.8 Å². The molecule has 4 aromatic heterocycles. The zero-order chi connectivity index (χ0) is 20.2. The lowest BCUT2D eigenvalue weighted by Crippen LogP contribution is -2.05. The van der Waals surface area contributed by atoms with E-state index in [0.29, 0.717) is 17.3 Å². The van der Waals surface area contributed by atoms with E-state index in [0.717, 1.165) is 20.7 Å². The Bertz CT molecular complexity index is 1490. The number of benzene rings is 1. The number of halogens is 1. The first-order valence-electron chi connectivity index (χ1n) is 8.41. The van der Waals surface area contributed by atoms with Crippen molar-refractivity contribution in [3.63, 3.8) is 0 Å². The van der Waals surface area contributed by atoms with E-state index in [1.54, 1.807) is 12.1 Å². The highest BCUT2D eigenvalue weighted by Gasteiger charge is 2.28. The summed E-state index contributed by atoms with van der Waals surface area (Å²) in [5, 5.41) is 12.0. The summed E-state index contributed by atoms with van der Waals surface area (Å²) in [5.41, 5.74) is 8.35. The predicted molar refractivity (Wildman–Crippen MR) is 114 cm³/mol. The van der Waals surface area contributed by atoms with E-state index >= 15 is 0 Å². The second kappa shape index (κ2) is 6.85. The topological polar surface area (TPSA) is 103 Å². The van der Waals surface area contributed by atoms with Crippen LogP contribution in [-0.2, 0) is 16.4 Å². The number of aromatic nitrogens is 4. The Balaban J connectivity index is 1.83. The van der Waals surface area contributed by atoms with Crippen LogP contribution in [-0.4, -0.2) is 28.2 Å². The molecule has 1 aromatic carbocycles. The van der Waals surface area contributed by atoms with Crippen LogP contribution in [0.2, 0.25) is 5.02 Å². The van der Waals surface area contributed by atoms with E-state index in [1.807, 2.05) is 22.9 Å². The minimum absolute atomic E-state index is 0.0411. The molecule has 0 aliphatic rings. The fourth-order valence-electron chi connectivity index (χ4n) is 3.14. The van der Waals surface area contributed by atoms with Crippen LogP contribution < -0.4 is 5.73 Å². The number of sulfone groups is 1. The van der Waals surface area contributed by atoms with Crippen LogP contribution in [0.25, 0.3) is 27.1 Å². The van der Waals surface area contributed by atoms with Crippen LogP contribution >= 0.6 is 34.3 Å². The number of rotatable bonds is 4. The van der Waals surface area contributed by atoms with Gasteiger partial charge < -0.3 is 5.73 Å². The maximum Gasteiger partial charge on any atom is 0.229 e. The van der Waals surface area contributed by atoms with E-state index < -0.39 is 9.84 Å². The van der Waals surface area contributed by atoms with Gasteiger partial charge in [-0.3, -0.25) is 0 Å². The molecular weight excluding hydrogens is 450 g/mol. The third-order valence-electron chi connectivity index (χ3n) is 4.47. The Morgan fingerprint density at radius 1 is 1.14 bits per heavy atom. The van der Waals surface area contributed by atoms with Gasteiger partial charge in [-0.2, -0.15) is 4.52 Å². The van der Waals surface area contributed by atoms with E-state index in [9.17, 15) is 8.42 Å². The molecule has 0 aliphatic carbocycles. The molecule has 0 aliphatic heterocycles. The minimum Gasteiger partial charge on any atom is -0.326 e. The van der Waals surface area contributed by atoms with Gasteiger partial charge >= 0.3 is 0 Å². The number of fused-ring (bicyclic) bond motifs is 3. The zero-order valence-electron chi connectivity index (χ0n) is 14.6. The molecule has 5 aromatic rings. The van der Waals surface area contributed by atoms with Crippen molar-refractivity contribution >= 4 is 60.0 Å². The molecule has 4 heterocycles. The number of hydrogen-bond acceptors (Lipinski definition) is 8. The molecule has 2 N–H and O–H groups in total. The second-order valence-electron chi connectivity index (χ2n) is 6.15. The van der Waals surface area contributed by atoms with Gasteiger partial charge in [0, 0.05) is 22.0 Å². The van der Waals surface area contributed by atoms with Gasteiger partial charge in [0.2, 0.25) is 14.9 Å². The third kappa shape index (κ3) is 2.87. The molecule has 0 bridgehead atoms. The first-order chi connectivity index (χ1) is 14.0. The molecular formula is C18H12ClN5O2S3. The Kier molecular flexibility index (Phi) is 4.41. The number of nitrogens with two attached hydrogens (primary N) is 1. The van der Waals surface area contributed by atoms with Gasteiger partial charge in [0.1, 0.15) is 0 Å². The third-order valence-corrected chi connectivity index (χ3v) is 8.21. The van der Waals surface area contributed by atoms with Crippen molar-refractivity contribution in [1.29, 1.82) is 0 Å². The lowest BCUT2D eigenvalue weighted by molar-refractivity contribution is 0.592. The highest BCUT2D eigenvalue weighted by atomic mass is 35.5. The van der Waals surface area contributed by atoms with E-state index in [2.05, 4.69) is 15.3 Å². The Hall–Kier alpha value is -2.37. The van der Waals surface area contributed by atoms with Gasteiger partial charge in [0.25, 0.3) is 0 Å². The number of thiophene rings is 2. The van der Waals surface area contributed by atoms with Gasteiger partial charge in [0.15, 0.2) is 5.65 Å². The summed E-state index contributed by atoms with van der Waals surface area (Å²) in [4.78, 5) is 5.70. The highest BCUT2D eigenvalue weighted by molar-refractivity contribution is 7.91. The van der Waals surface area contributed by atoms with Crippen LogP contribution in [0.1, 0.15) is 4.88 Å². The molecule has 0 saturated carbocycles. The summed E-state index contributed by atoms with van der Waals surface area (Å²) in [6, 6.07) is 9.87. The average molecular weight is 462 g/mol. The van der Waals surface area contributed by atoms with Crippen molar-refractivity contribution in [2.75, 3.05) is 0 Å². The van der Waals surface area contributed by atoms with Gasteiger partial charge in [-0.25, -0.2) is 13.4 Å². The fraction of sp³-hybridized carbons (Fsp3) is 0.0556. The number of nitrogens with zero attached hydrogens (tertiary/aromatic N) is 4. The molecule has 29 heavy (non-hydrogen) atoms. The molecule has 7 nitrogen and oxygen atoms in total. The van der Waals surface area contributed by atoms with Crippen LogP contribution in [0.15, 0.2) is 57.1 Å². The van der Waals surface area contributed by atoms with Crippen LogP contribution in [0.4, 0.5) is 0 Å². The lowest BCUT2D eigenvalue weighted by Gasteiger charge is -2.06. The van der Waals surface area contributed by atoms with Crippen LogP contribution in [0.3, 0.4) is 0 Å². The SMILES string of the molecule is NCc1sccc1-c1nc2c(S(=O)(=O)c3cccc(Cl)c3)nnn2c2ccsc12. The first-order valence-corrected chi connectivity index (χ1v) is 12.0. The van der Waals surface area contributed by atoms with Crippen LogP contribution in [0, 0.1) is 0 Å². The summed E-state index contributed by atoms with van der Waals surface area (Å²) < 4.78 is 28.8. The predicted octanol–water partition coefficient (Wildman–Crippen LogP) is 4.01. The molecule has 0 radical (unpaired) electrons. The molecule has 146 valence electrons. The standard InChI is InChI=1S/C18H12ClN5O2S3/c19-10-2-1-3-11(8-10)29(25,26)18-17-21-15(12-4-6-27-14(12)9-20)16-13(5-7-28-16)24(17)23-22-18/h1-8H,9,20H2. The maximum atomic E-state index is 13.2. The van der Waals surface area contributed by atoms with Crippen molar-refractivity contribution in [3.8, 4) is 11.3 Å².